The number of fused-ring (bicyclic) bond motifs is 1. The van der Waals surface area contributed by atoms with Gasteiger partial charge in [-0.2, -0.15) is 0 Å². The van der Waals surface area contributed by atoms with Gasteiger partial charge in [0.2, 0.25) is 0 Å². The van der Waals surface area contributed by atoms with Gasteiger partial charge < -0.3 is 13.3 Å². The average Bonchev–Trinajstić information content (AvgIpc) is 3.38. The van der Waals surface area contributed by atoms with Crippen molar-refractivity contribution in [3.8, 4) is 0 Å². The summed E-state index contributed by atoms with van der Waals surface area (Å²) in [4.78, 5) is 0. The van der Waals surface area contributed by atoms with Crippen molar-refractivity contribution in [1.29, 1.82) is 0 Å². The molecule has 2 aromatic carbocycles. The molecule has 0 radical (unpaired) electrons. The molecular weight excluding hydrogens is 709 g/mol. The molecule has 0 heterocycles. The molecule has 0 saturated heterocycles. The van der Waals surface area contributed by atoms with Crippen LogP contribution in [0, 0.1) is 34.5 Å². The standard InChI is InChI=1S/C48H80O3Si3/c1-36-27-28-42-41(35-50-54(46(8,9)10,39-23-19-17-20-24-39)40-25-21-18-22-26-40)43(30-32-47(36,42)11)48(12)31-29-38(51-53(15,16)45(5,6)7)33-37(48)34-49-52(13,14)44(2,3)4/h17-27,37-38,41-43H,28-35H2,1-16H3/t37-,38+,41+,42+,43+,47-,48-/m1/s1. The summed E-state index contributed by atoms with van der Waals surface area (Å²) >= 11 is 0. The third kappa shape index (κ3) is 8.19. The van der Waals surface area contributed by atoms with E-state index in [0.717, 1.165) is 26.1 Å². The number of benzene rings is 2. The summed E-state index contributed by atoms with van der Waals surface area (Å²) in [5, 5.41) is 3.10. The second-order valence-electron chi connectivity index (χ2n) is 22.5. The van der Waals surface area contributed by atoms with Crippen molar-refractivity contribution < 1.29 is 13.3 Å². The van der Waals surface area contributed by atoms with E-state index in [2.05, 4.69) is 176 Å². The Kier molecular flexibility index (Phi) is 12.6. The highest BCUT2D eigenvalue weighted by Crippen LogP contribution is 2.63. The minimum absolute atomic E-state index is 0.0460. The molecule has 6 heteroatoms. The topological polar surface area (TPSA) is 27.7 Å². The van der Waals surface area contributed by atoms with Gasteiger partial charge in [0.25, 0.3) is 8.32 Å². The maximum atomic E-state index is 7.95. The zero-order valence-corrected chi connectivity index (χ0v) is 40.6. The molecular formula is C48H80O3Si3. The molecule has 302 valence electrons. The molecule has 54 heavy (non-hydrogen) atoms. The Balaban J connectivity index is 1.58. The Morgan fingerprint density at radius 1 is 0.648 bits per heavy atom. The maximum Gasteiger partial charge on any atom is 0.261 e. The number of allylic oxidation sites excluding steroid dienone is 2. The fourth-order valence-corrected chi connectivity index (χ4v) is 17.5. The van der Waals surface area contributed by atoms with Crippen molar-refractivity contribution in [1.82, 2.24) is 0 Å². The Morgan fingerprint density at radius 2 is 1.19 bits per heavy atom. The molecule has 5 rings (SSSR count). The first-order valence-corrected chi connectivity index (χ1v) is 29.3. The number of rotatable bonds is 11. The zero-order chi connectivity index (χ0) is 40.2. The van der Waals surface area contributed by atoms with Crippen LogP contribution in [0.4, 0.5) is 0 Å². The Bertz CT molecular complexity index is 1540. The lowest BCUT2D eigenvalue weighted by Crippen LogP contribution is -2.67. The molecule has 0 amide bonds. The Hall–Kier alpha value is -1.29. The van der Waals surface area contributed by atoms with Gasteiger partial charge in [-0.15, -0.1) is 0 Å². The van der Waals surface area contributed by atoms with Gasteiger partial charge >= 0.3 is 0 Å². The van der Waals surface area contributed by atoms with Crippen molar-refractivity contribution in [3.63, 3.8) is 0 Å². The van der Waals surface area contributed by atoms with Crippen LogP contribution >= 0.6 is 0 Å². The van der Waals surface area contributed by atoms with Gasteiger partial charge in [-0.25, -0.2) is 0 Å². The van der Waals surface area contributed by atoms with Crippen LogP contribution in [0.5, 0.6) is 0 Å². The molecule has 3 aliphatic carbocycles. The highest BCUT2D eigenvalue weighted by Gasteiger charge is 2.58. The molecule has 0 aromatic heterocycles. The Morgan fingerprint density at radius 3 is 1.69 bits per heavy atom. The van der Waals surface area contributed by atoms with Gasteiger partial charge in [0.1, 0.15) is 0 Å². The molecule has 2 saturated carbocycles. The number of hydrogen-bond acceptors (Lipinski definition) is 3. The van der Waals surface area contributed by atoms with Crippen LogP contribution in [-0.4, -0.2) is 44.3 Å². The van der Waals surface area contributed by atoms with Gasteiger partial charge in [0.15, 0.2) is 16.6 Å². The van der Waals surface area contributed by atoms with Crippen molar-refractivity contribution in [2.45, 2.75) is 169 Å². The van der Waals surface area contributed by atoms with Crippen molar-refractivity contribution in [2.75, 3.05) is 13.2 Å². The third-order valence-corrected chi connectivity index (χ3v) is 30.4. The summed E-state index contributed by atoms with van der Waals surface area (Å²) in [6.07, 6.45) is 10.1. The summed E-state index contributed by atoms with van der Waals surface area (Å²) in [7, 11) is -6.58. The summed E-state index contributed by atoms with van der Waals surface area (Å²) in [5.41, 5.74) is 1.99. The lowest BCUT2D eigenvalue weighted by atomic mass is 9.49. The molecule has 0 spiro atoms. The monoisotopic (exact) mass is 789 g/mol. The van der Waals surface area contributed by atoms with Crippen molar-refractivity contribution in [3.05, 3.63) is 72.3 Å². The molecule has 3 nitrogen and oxygen atoms in total. The zero-order valence-electron chi connectivity index (χ0n) is 37.6. The van der Waals surface area contributed by atoms with Crippen LogP contribution in [0.1, 0.15) is 122 Å². The predicted molar refractivity (Wildman–Crippen MR) is 240 cm³/mol. The van der Waals surface area contributed by atoms with Gasteiger partial charge in [0, 0.05) is 19.3 Å². The molecule has 2 aromatic rings. The molecule has 0 N–H and O–H groups in total. The van der Waals surface area contributed by atoms with E-state index in [-0.39, 0.29) is 25.9 Å². The smallest absolute Gasteiger partial charge is 0.261 e. The predicted octanol–water partition coefficient (Wildman–Crippen LogP) is 12.8. The molecule has 7 atom stereocenters. The van der Waals surface area contributed by atoms with Crippen LogP contribution in [0.25, 0.3) is 0 Å². The summed E-state index contributed by atoms with van der Waals surface area (Å²) in [6.45, 7) is 40.7. The van der Waals surface area contributed by atoms with E-state index in [4.69, 9.17) is 13.3 Å². The molecule has 0 bridgehead atoms. The quantitative estimate of drug-likeness (QED) is 0.168. The van der Waals surface area contributed by atoms with E-state index < -0.39 is 25.0 Å². The van der Waals surface area contributed by atoms with Crippen molar-refractivity contribution >= 4 is 35.3 Å². The highest BCUT2D eigenvalue weighted by atomic mass is 28.4. The van der Waals surface area contributed by atoms with Gasteiger partial charge in [-0.05, 0) is 132 Å². The fraction of sp³-hybridized carbons (Fsp3) is 0.708. The SMILES string of the molecule is CC1=CC[C@H]2[C@H](CO[Si](c3ccccc3)(c3ccccc3)C(C)(C)C)[C@@H]([C@]3(C)CC[C@H](O[Si](C)(C)C(C)(C)C)C[C@@H]3CO[Si](C)(C)C(C)(C)C)CC[C@]12C. The van der Waals surface area contributed by atoms with E-state index >= 15 is 0 Å². The van der Waals surface area contributed by atoms with Crippen molar-refractivity contribution in [2.24, 2.45) is 34.5 Å². The highest BCUT2D eigenvalue weighted by molar-refractivity contribution is 6.99. The second-order valence-corrected chi connectivity index (χ2v) is 36.4. The molecule has 2 fully saturated rings. The summed E-state index contributed by atoms with van der Waals surface area (Å²) < 4.78 is 22.5. The first-order valence-electron chi connectivity index (χ1n) is 21.5. The summed E-state index contributed by atoms with van der Waals surface area (Å²) in [5.74, 6) is 2.08. The largest absolute Gasteiger partial charge is 0.417 e. The third-order valence-electron chi connectivity index (χ3n) is 16.4. The normalized spacial score (nSPS) is 30.2. The minimum Gasteiger partial charge on any atom is -0.417 e. The molecule has 3 aliphatic rings. The molecule has 0 aliphatic heterocycles. The lowest BCUT2D eigenvalue weighted by Gasteiger charge is -2.58. The average molecular weight is 789 g/mol. The van der Waals surface area contributed by atoms with E-state index in [1.165, 1.54) is 36.1 Å². The first-order chi connectivity index (χ1) is 24.8. The van der Waals surface area contributed by atoms with Crippen LogP contribution in [0.3, 0.4) is 0 Å². The van der Waals surface area contributed by atoms with Crippen LogP contribution in [-0.2, 0) is 13.3 Å². The Labute approximate surface area is 336 Å². The minimum atomic E-state index is -2.71. The van der Waals surface area contributed by atoms with Gasteiger partial charge in [-0.3, -0.25) is 0 Å². The first kappa shape index (κ1) is 43.8. The van der Waals surface area contributed by atoms with Crippen LogP contribution < -0.4 is 10.4 Å². The number of hydrogen-bond donors (Lipinski definition) is 0. The second kappa shape index (κ2) is 15.5. The van der Waals surface area contributed by atoms with Gasteiger partial charge in [-0.1, -0.05) is 148 Å². The fourth-order valence-electron chi connectivity index (χ4n) is 10.5. The van der Waals surface area contributed by atoms with E-state index in [0.29, 0.717) is 29.8 Å². The van der Waals surface area contributed by atoms with Gasteiger partial charge in [0.05, 0.1) is 0 Å². The summed E-state index contributed by atoms with van der Waals surface area (Å²) in [6, 6.07) is 22.6. The van der Waals surface area contributed by atoms with E-state index in [1.54, 1.807) is 5.57 Å². The lowest BCUT2D eigenvalue weighted by molar-refractivity contribution is -0.101. The van der Waals surface area contributed by atoms with Crippen LogP contribution in [0.15, 0.2) is 72.3 Å². The maximum absolute atomic E-state index is 7.95. The van der Waals surface area contributed by atoms with Crippen LogP contribution in [0.2, 0.25) is 41.3 Å². The van der Waals surface area contributed by atoms with E-state index in [9.17, 15) is 0 Å². The molecule has 0 unspecified atom stereocenters. The van der Waals surface area contributed by atoms with E-state index in [1.807, 2.05) is 0 Å².